The lowest BCUT2D eigenvalue weighted by atomic mass is 10.1. The molecule has 4 nitrogen and oxygen atoms in total. The molecule has 1 N–H and O–H groups in total. The maximum absolute atomic E-state index is 14.2. The second kappa shape index (κ2) is 12.7. The minimum atomic E-state index is -0.690. The van der Waals surface area contributed by atoms with E-state index in [1.807, 2.05) is 38.1 Å². The molecule has 0 saturated carbocycles. The lowest BCUT2D eigenvalue weighted by Crippen LogP contribution is -2.49. The van der Waals surface area contributed by atoms with Crippen LogP contribution in [0.4, 0.5) is 4.39 Å². The topological polar surface area (TPSA) is 49.4 Å². The fourth-order valence-corrected chi connectivity index (χ4v) is 3.93. The van der Waals surface area contributed by atoms with Crippen LogP contribution in [0.1, 0.15) is 45.6 Å². The minimum Gasteiger partial charge on any atom is -0.352 e. The number of benzene rings is 2. The number of nitrogens with zero attached hydrogens (tertiary/aromatic N) is 1. The number of carbonyl (C=O) groups excluding carboxylic acids is 2. The number of hydrogen-bond donors (Lipinski definition) is 1. The lowest BCUT2D eigenvalue weighted by Gasteiger charge is -2.30. The molecule has 0 fully saturated rings. The highest BCUT2D eigenvalue weighted by molar-refractivity contribution is 7.99. The summed E-state index contributed by atoms with van der Waals surface area (Å²) in [7, 11) is 0. The van der Waals surface area contributed by atoms with Crippen molar-refractivity contribution in [2.75, 3.05) is 5.75 Å². The number of amides is 2. The molecule has 0 spiro atoms. The van der Waals surface area contributed by atoms with E-state index in [2.05, 4.69) is 5.32 Å². The Labute approximate surface area is 193 Å². The molecule has 0 radical (unpaired) electrons. The number of hydrogen-bond acceptors (Lipinski definition) is 3. The van der Waals surface area contributed by atoms with Crippen molar-refractivity contribution in [3.63, 3.8) is 0 Å². The summed E-state index contributed by atoms with van der Waals surface area (Å²) in [4.78, 5) is 28.2. The van der Waals surface area contributed by atoms with Crippen molar-refractivity contribution in [3.05, 3.63) is 64.9 Å². The van der Waals surface area contributed by atoms with Crippen LogP contribution >= 0.6 is 23.4 Å². The van der Waals surface area contributed by atoms with E-state index in [0.717, 1.165) is 17.1 Å². The van der Waals surface area contributed by atoms with Crippen molar-refractivity contribution in [2.24, 2.45) is 0 Å². The molecule has 2 aromatic rings. The number of thioether (sulfide) groups is 1. The zero-order valence-corrected chi connectivity index (χ0v) is 19.8. The van der Waals surface area contributed by atoms with Gasteiger partial charge in [-0.2, -0.15) is 0 Å². The first-order valence-electron chi connectivity index (χ1n) is 10.5. The molecule has 7 heteroatoms. The molecule has 2 amide bonds. The van der Waals surface area contributed by atoms with Gasteiger partial charge >= 0.3 is 0 Å². The highest BCUT2D eigenvalue weighted by Crippen LogP contribution is 2.22. The Morgan fingerprint density at radius 3 is 2.45 bits per heavy atom. The molecule has 31 heavy (non-hydrogen) atoms. The fourth-order valence-electron chi connectivity index (χ4n) is 2.95. The Balaban J connectivity index is 2.01. The molecule has 0 aliphatic rings. The van der Waals surface area contributed by atoms with Crippen molar-refractivity contribution >= 4 is 35.2 Å². The first kappa shape index (κ1) is 25.2. The summed E-state index contributed by atoms with van der Waals surface area (Å²) in [5.41, 5.74) is 0.398. The Bertz CT molecular complexity index is 863. The van der Waals surface area contributed by atoms with E-state index in [4.69, 9.17) is 11.6 Å². The molecule has 0 bridgehead atoms. The van der Waals surface area contributed by atoms with Crippen molar-refractivity contribution < 1.29 is 14.0 Å². The zero-order chi connectivity index (χ0) is 22.8. The van der Waals surface area contributed by atoms with Gasteiger partial charge in [0, 0.05) is 34.5 Å². The van der Waals surface area contributed by atoms with Crippen LogP contribution in [0.3, 0.4) is 0 Å². The lowest BCUT2D eigenvalue weighted by molar-refractivity contribution is -0.140. The molecule has 0 aromatic heterocycles. The predicted molar refractivity (Wildman–Crippen MR) is 126 cm³/mol. The van der Waals surface area contributed by atoms with Crippen LogP contribution in [-0.4, -0.2) is 34.6 Å². The van der Waals surface area contributed by atoms with E-state index >= 15 is 0 Å². The van der Waals surface area contributed by atoms with Crippen LogP contribution in [0.2, 0.25) is 5.02 Å². The van der Waals surface area contributed by atoms with Crippen molar-refractivity contribution in [2.45, 2.75) is 63.6 Å². The predicted octanol–water partition coefficient (Wildman–Crippen LogP) is 5.68. The summed E-state index contributed by atoms with van der Waals surface area (Å²) in [6.07, 6.45) is 1.73. The monoisotopic (exact) mass is 464 g/mol. The van der Waals surface area contributed by atoms with Gasteiger partial charge < -0.3 is 10.2 Å². The molecule has 0 unspecified atom stereocenters. The van der Waals surface area contributed by atoms with Gasteiger partial charge in [0.2, 0.25) is 11.8 Å². The summed E-state index contributed by atoms with van der Waals surface area (Å²) in [5.74, 6) is -0.0107. The largest absolute Gasteiger partial charge is 0.352 e. The maximum Gasteiger partial charge on any atom is 0.242 e. The van der Waals surface area contributed by atoms with Gasteiger partial charge in [-0.25, -0.2) is 4.39 Å². The number of halogens is 2. The Morgan fingerprint density at radius 1 is 1.13 bits per heavy atom. The maximum atomic E-state index is 14.2. The molecule has 2 rings (SSSR count). The van der Waals surface area contributed by atoms with Crippen molar-refractivity contribution in [1.82, 2.24) is 10.2 Å². The van der Waals surface area contributed by atoms with E-state index in [0.29, 0.717) is 17.0 Å². The van der Waals surface area contributed by atoms with Crippen molar-refractivity contribution in [1.29, 1.82) is 0 Å². The van der Waals surface area contributed by atoms with Gasteiger partial charge in [-0.15, -0.1) is 11.8 Å². The summed E-state index contributed by atoms with van der Waals surface area (Å²) in [6.45, 7) is 5.65. The average molecular weight is 465 g/mol. The van der Waals surface area contributed by atoms with Crippen LogP contribution in [0.25, 0.3) is 0 Å². The minimum absolute atomic E-state index is 0.0103. The summed E-state index contributed by atoms with van der Waals surface area (Å²) in [6, 6.07) is 13.2. The third-order valence-corrected chi connectivity index (χ3v) is 6.43. The molecule has 2 atom stereocenters. The highest BCUT2D eigenvalue weighted by Gasteiger charge is 2.27. The molecule has 0 aliphatic carbocycles. The van der Waals surface area contributed by atoms with Gasteiger partial charge in [0.25, 0.3) is 0 Å². The quantitative estimate of drug-likeness (QED) is 0.343. The fraction of sp³-hybridized carbons (Fsp3) is 0.417. The zero-order valence-electron chi connectivity index (χ0n) is 18.2. The SMILES string of the molecule is CC[C@H](C)NC(=O)[C@@H](C)N(Cc1ccccc1F)C(=O)CCCSc1ccc(Cl)cc1. The van der Waals surface area contributed by atoms with Gasteiger partial charge in [0.1, 0.15) is 11.9 Å². The first-order valence-corrected chi connectivity index (χ1v) is 11.9. The Morgan fingerprint density at radius 2 is 1.81 bits per heavy atom. The smallest absolute Gasteiger partial charge is 0.242 e. The van der Waals surface area contributed by atoms with E-state index in [1.165, 1.54) is 11.0 Å². The first-order chi connectivity index (χ1) is 14.8. The molecule has 0 saturated heterocycles. The van der Waals surface area contributed by atoms with Crippen molar-refractivity contribution in [3.8, 4) is 0 Å². The van der Waals surface area contributed by atoms with Gasteiger partial charge in [-0.3, -0.25) is 9.59 Å². The average Bonchev–Trinajstić information content (AvgIpc) is 2.76. The molecule has 0 aliphatic heterocycles. The standard InChI is InChI=1S/C24H30ClFN2O2S/c1-4-17(2)27-24(30)18(3)28(16-19-8-5-6-9-22(19)26)23(29)10-7-15-31-21-13-11-20(25)12-14-21/h5-6,8-9,11-14,17-18H,4,7,10,15-16H2,1-3H3,(H,27,30)/t17-,18+/m0/s1. The normalized spacial score (nSPS) is 12.8. The highest BCUT2D eigenvalue weighted by atomic mass is 35.5. The van der Waals surface area contributed by atoms with Crippen LogP contribution in [0, 0.1) is 5.82 Å². The van der Waals surface area contributed by atoms with E-state index in [1.54, 1.807) is 36.9 Å². The molecular weight excluding hydrogens is 435 g/mol. The van der Waals surface area contributed by atoms with Gasteiger partial charge in [-0.1, -0.05) is 36.7 Å². The van der Waals surface area contributed by atoms with E-state index in [9.17, 15) is 14.0 Å². The van der Waals surface area contributed by atoms with Crippen LogP contribution in [-0.2, 0) is 16.1 Å². The van der Waals surface area contributed by atoms with Gasteiger partial charge in [0.15, 0.2) is 0 Å². The molecule has 168 valence electrons. The Hall–Kier alpha value is -2.05. The van der Waals surface area contributed by atoms with Gasteiger partial charge in [-0.05, 0) is 62.8 Å². The number of nitrogens with one attached hydrogen (secondary N) is 1. The third-order valence-electron chi connectivity index (χ3n) is 5.08. The van der Waals surface area contributed by atoms with E-state index in [-0.39, 0.29) is 36.6 Å². The number of carbonyl (C=O) groups is 2. The van der Waals surface area contributed by atoms with Crippen LogP contribution < -0.4 is 5.32 Å². The van der Waals surface area contributed by atoms with Crippen LogP contribution in [0.15, 0.2) is 53.4 Å². The van der Waals surface area contributed by atoms with Crippen LogP contribution in [0.5, 0.6) is 0 Å². The van der Waals surface area contributed by atoms with Gasteiger partial charge in [0.05, 0.1) is 0 Å². The molecule has 2 aromatic carbocycles. The number of rotatable bonds is 11. The second-order valence-corrected chi connectivity index (χ2v) is 9.12. The second-order valence-electron chi connectivity index (χ2n) is 7.51. The molecule has 0 heterocycles. The summed E-state index contributed by atoms with van der Waals surface area (Å²) in [5, 5.41) is 3.60. The third kappa shape index (κ3) is 8.19. The Kier molecular flexibility index (Phi) is 10.3. The summed E-state index contributed by atoms with van der Waals surface area (Å²) >= 11 is 7.55. The summed E-state index contributed by atoms with van der Waals surface area (Å²) < 4.78 is 14.2. The van der Waals surface area contributed by atoms with E-state index < -0.39 is 6.04 Å². The molecular formula is C24H30ClFN2O2S.